The van der Waals surface area contributed by atoms with Crippen molar-refractivity contribution in [2.75, 3.05) is 52.5 Å². The number of benzene rings is 2. The number of piperazine rings is 1. The van der Waals surface area contributed by atoms with E-state index in [0.29, 0.717) is 26.3 Å². The van der Waals surface area contributed by atoms with Gasteiger partial charge in [0.25, 0.3) is 0 Å². The number of halogens is 1. The highest BCUT2D eigenvalue weighted by molar-refractivity contribution is 7.89. The maximum Gasteiger partial charge on any atom is 0.243 e. The molecule has 0 spiro atoms. The van der Waals surface area contributed by atoms with E-state index >= 15 is 0 Å². The molecule has 2 aromatic rings. The van der Waals surface area contributed by atoms with Crippen LogP contribution in [0.1, 0.15) is 24.4 Å². The van der Waals surface area contributed by atoms with Crippen molar-refractivity contribution in [2.24, 2.45) is 0 Å². The molecule has 3 aliphatic heterocycles. The summed E-state index contributed by atoms with van der Waals surface area (Å²) in [5, 5.41) is 0. The van der Waals surface area contributed by atoms with Gasteiger partial charge in [-0.05, 0) is 55.3 Å². The number of ether oxygens (including phenoxy) is 2. The van der Waals surface area contributed by atoms with Crippen molar-refractivity contribution in [2.45, 2.75) is 23.8 Å². The molecule has 10 heteroatoms. The van der Waals surface area contributed by atoms with Gasteiger partial charge < -0.3 is 14.4 Å². The zero-order valence-corrected chi connectivity index (χ0v) is 19.7. The van der Waals surface area contributed by atoms with E-state index in [-0.39, 0.29) is 36.5 Å². The Kier molecular flexibility index (Phi) is 6.46. The fourth-order valence-electron chi connectivity index (χ4n) is 4.89. The van der Waals surface area contributed by atoms with Gasteiger partial charge >= 0.3 is 0 Å². The Bertz CT molecular complexity index is 1170. The lowest BCUT2D eigenvalue weighted by Crippen LogP contribution is -2.52. The molecule has 2 saturated heterocycles. The third-order valence-electron chi connectivity index (χ3n) is 6.68. The monoisotopic (exact) mass is 489 g/mol. The van der Waals surface area contributed by atoms with Crippen molar-refractivity contribution < 1.29 is 27.1 Å². The summed E-state index contributed by atoms with van der Waals surface area (Å²) in [4.78, 5) is 16.9. The van der Waals surface area contributed by atoms with E-state index in [1.54, 1.807) is 4.90 Å². The molecule has 0 aromatic heterocycles. The molecule has 2 fully saturated rings. The summed E-state index contributed by atoms with van der Waals surface area (Å²) in [6.45, 7) is 3.21. The van der Waals surface area contributed by atoms with Crippen LogP contribution in [0, 0.1) is 5.82 Å². The average molecular weight is 490 g/mol. The third-order valence-corrected chi connectivity index (χ3v) is 8.57. The highest BCUT2D eigenvalue weighted by atomic mass is 32.2. The predicted molar refractivity (Wildman–Crippen MR) is 123 cm³/mol. The Balaban J connectivity index is 1.20. The lowest BCUT2D eigenvalue weighted by molar-refractivity contribution is -0.133. The molecular formula is C24H28FN3O5S. The number of carbonyl (C=O) groups is 1. The van der Waals surface area contributed by atoms with Crippen molar-refractivity contribution >= 4 is 15.9 Å². The molecule has 34 heavy (non-hydrogen) atoms. The number of sulfonamides is 1. The number of hydrogen-bond acceptors (Lipinski definition) is 6. The minimum Gasteiger partial charge on any atom is -0.486 e. The normalized spacial score (nSPS) is 21.6. The van der Waals surface area contributed by atoms with E-state index in [1.165, 1.54) is 22.5 Å². The van der Waals surface area contributed by atoms with E-state index in [2.05, 4.69) is 4.90 Å². The van der Waals surface area contributed by atoms with Gasteiger partial charge in [-0.25, -0.2) is 12.8 Å². The zero-order valence-electron chi connectivity index (χ0n) is 18.9. The van der Waals surface area contributed by atoms with Crippen LogP contribution in [0.3, 0.4) is 0 Å². The molecule has 3 aliphatic rings. The molecule has 0 aliphatic carbocycles. The topological polar surface area (TPSA) is 79.4 Å². The molecule has 1 amide bonds. The molecule has 0 bridgehead atoms. The number of nitrogens with zero attached hydrogens (tertiary/aromatic N) is 3. The fourth-order valence-corrected chi connectivity index (χ4v) is 6.34. The number of hydrogen-bond donors (Lipinski definition) is 0. The zero-order chi connectivity index (χ0) is 23.7. The van der Waals surface area contributed by atoms with Crippen LogP contribution >= 0.6 is 0 Å². The lowest BCUT2D eigenvalue weighted by atomic mass is 10.0. The summed E-state index contributed by atoms with van der Waals surface area (Å²) in [5.74, 6) is 0.902. The molecule has 0 saturated carbocycles. The maximum absolute atomic E-state index is 13.5. The second kappa shape index (κ2) is 9.52. The first-order valence-corrected chi connectivity index (χ1v) is 13.0. The van der Waals surface area contributed by atoms with Gasteiger partial charge in [-0.1, -0.05) is 12.1 Å². The van der Waals surface area contributed by atoms with Crippen molar-refractivity contribution in [1.82, 2.24) is 14.1 Å². The van der Waals surface area contributed by atoms with Crippen molar-refractivity contribution in [1.29, 1.82) is 0 Å². The Labute approximate surface area is 198 Å². The molecule has 0 N–H and O–H groups in total. The minimum atomic E-state index is -3.79. The molecule has 0 radical (unpaired) electrons. The number of carbonyl (C=O) groups excluding carboxylic acids is 1. The standard InChI is InChI=1S/C24H28FN3O5S/c25-19-3-1-4-20(16-19)34(30,31)28-11-9-26(10-12-28)24(29)17-27-8-2-5-21(27)18-6-7-22-23(15-18)33-14-13-32-22/h1,3-4,6-7,15-16,21H,2,5,8-14,17H2/t21-/m0/s1. The molecule has 182 valence electrons. The van der Waals surface area contributed by atoms with E-state index in [4.69, 9.17) is 9.47 Å². The van der Waals surface area contributed by atoms with Crippen molar-refractivity contribution in [3.63, 3.8) is 0 Å². The second-order valence-electron chi connectivity index (χ2n) is 8.77. The van der Waals surface area contributed by atoms with E-state index in [0.717, 1.165) is 42.5 Å². The van der Waals surface area contributed by atoms with Gasteiger partial charge in [0.05, 0.1) is 11.4 Å². The number of rotatable bonds is 5. The number of amides is 1. The van der Waals surface area contributed by atoms with Crippen LogP contribution in [-0.4, -0.2) is 80.9 Å². The summed E-state index contributed by atoms with van der Waals surface area (Å²) in [7, 11) is -3.79. The van der Waals surface area contributed by atoms with E-state index < -0.39 is 15.8 Å². The summed E-state index contributed by atoms with van der Waals surface area (Å²) in [6, 6.07) is 11.1. The summed E-state index contributed by atoms with van der Waals surface area (Å²) >= 11 is 0. The van der Waals surface area contributed by atoms with Gasteiger partial charge in [-0.15, -0.1) is 0 Å². The largest absolute Gasteiger partial charge is 0.486 e. The van der Waals surface area contributed by atoms with Gasteiger partial charge in [0, 0.05) is 32.2 Å². The SMILES string of the molecule is O=C(CN1CCC[C@H]1c1ccc2c(c1)OCCO2)N1CCN(S(=O)(=O)c2cccc(F)c2)CC1. The Morgan fingerprint density at radius 1 is 0.971 bits per heavy atom. The van der Waals surface area contributed by atoms with Crippen LogP contribution in [0.5, 0.6) is 11.5 Å². The van der Waals surface area contributed by atoms with Gasteiger partial charge in [0.2, 0.25) is 15.9 Å². The van der Waals surface area contributed by atoms with Gasteiger partial charge in [0.1, 0.15) is 19.0 Å². The summed E-state index contributed by atoms with van der Waals surface area (Å²) in [5.41, 5.74) is 1.11. The molecular weight excluding hydrogens is 461 g/mol. The van der Waals surface area contributed by atoms with Crippen molar-refractivity contribution in [3.05, 3.63) is 53.8 Å². The van der Waals surface area contributed by atoms with Crippen LogP contribution in [0.2, 0.25) is 0 Å². The smallest absolute Gasteiger partial charge is 0.243 e. The Morgan fingerprint density at radius 2 is 1.74 bits per heavy atom. The highest BCUT2D eigenvalue weighted by Crippen LogP contribution is 2.38. The second-order valence-corrected chi connectivity index (χ2v) is 10.7. The highest BCUT2D eigenvalue weighted by Gasteiger charge is 2.33. The third kappa shape index (κ3) is 4.62. The van der Waals surface area contributed by atoms with Gasteiger partial charge in [-0.3, -0.25) is 9.69 Å². The predicted octanol–water partition coefficient (Wildman–Crippen LogP) is 2.27. The van der Waals surface area contributed by atoms with Crippen LogP contribution in [0.25, 0.3) is 0 Å². The molecule has 8 nitrogen and oxygen atoms in total. The van der Waals surface area contributed by atoms with E-state index in [1.807, 2.05) is 18.2 Å². The van der Waals surface area contributed by atoms with Crippen LogP contribution < -0.4 is 9.47 Å². The summed E-state index contributed by atoms with van der Waals surface area (Å²) in [6.07, 6.45) is 1.97. The first kappa shape index (κ1) is 23.1. The van der Waals surface area contributed by atoms with Crippen LogP contribution in [0.4, 0.5) is 4.39 Å². The fraction of sp³-hybridized carbons (Fsp3) is 0.458. The maximum atomic E-state index is 13.5. The van der Waals surface area contributed by atoms with Crippen LogP contribution in [0.15, 0.2) is 47.4 Å². The molecule has 1 atom stereocenters. The first-order valence-electron chi connectivity index (χ1n) is 11.6. The molecule has 3 heterocycles. The Morgan fingerprint density at radius 3 is 2.50 bits per heavy atom. The van der Waals surface area contributed by atoms with Gasteiger partial charge in [0.15, 0.2) is 11.5 Å². The molecule has 5 rings (SSSR count). The first-order chi connectivity index (χ1) is 16.4. The molecule has 0 unspecified atom stereocenters. The lowest BCUT2D eigenvalue weighted by Gasteiger charge is -2.35. The van der Waals surface area contributed by atoms with Crippen LogP contribution in [-0.2, 0) is 14.8 Å². The minimum absolute atomic E-state index is 0.00718. The van der Waals surface area contributed by atoms with Gasteiger partial charge in [-0.2, -0.15) is 4.31 Å². The van der Waals surface area contributed by atoms with E-state index in [9.17, 15) is 17.6 Å². The Hall–Kier alpha value is -2.69. The number of fused-ring (bicyclic) bond motifs is 1. The van der Waals surface area contributed by atoms with Crippen molar-refractivity contribution in [3.8, 4) is 11.5 Å². The average Bonchev–Trinajstić information content (AvgIpc) is 3.32. The number of likely N-dealkylation sites (tertiary alicyclic amines) is 1. The quantitative estimate of drug-likeness (QED) is 0.641. The molecule has 2 aromatic carbocycles. The summed E-state index contributed by atoms with van der Waals surface area (Å²) < 4.78 is 51.8.